The Labute approximate surface area is 171 Å². The van der Waals surface area contributed by atoms with Crippen LogP contribution in [0.4, 0.5) is 11.4 Å². The number of benzene rings is 3. The van der Waals surface area contributed by atoms with Crippen LogP contribution in [0.3, 0.4) is 0 Å². The average Bonchev–Trinajstić information content (AvgIpc) is 3.07. The number of carbonyl (C=O) groups excluding carboxylic acids is 1. The summed E-state index contributed by atoms with van der Waals surface area (Å²) in [6.45, 7) is 3.53. The van der Waals surface area contributed by atoms with Crippen LogP contribution < -0.4 is 9.62 Å². The molecule has 0 unspecified atom stereocenters. The number of hydrogen-bond donors (Lipinski definition) is 1. The highest BCUT2D eigenvalue weighted by Gasteiger charge is 2.23. The number of nitrogens with zero attached hydrogens (tertiary/aromatic N) is 1. The SMILES string of the molecule is Cc1ccc(N(CC(=O)Nc2ccc3c4c(cccc24)CC3)S(C)(=O)=O)c(C)c1. The van der Waals surface area contributed by atoms with Crippen molar-refractivity contribution >= 4 is 38.1 Å². The highest BCUT2D eigenvalue weighted by atomic mass is 32.2. The quantitative estimate of drug-likeness (QED) is 0.695. The van der Waals surface area contributed by atoms with Crippen molar-refractivity contribution in [2.75, 3.05) is 22.4 Å². The van der Waals surface area contributed by atoms with E-state index in [9.17, 15) is 13.2 Å². The Hall–Kier alpha value is -2.86. The van der Waals surface area contributed by atoms with Crippen LogP contribution in [0.2, 0.25) is 0 Å². The number of nitrogens with one attached hydrogen (secondary N) is 1. The molecule has 4 rings (SSSR count). The van der Waals surface area contributed by atoms with Gasteiger partial charge < -0.3 is 5.32 Å². The topological polar surface area (TPSA) is 66.5 Å². The molecule has 1 amide bonds. The van der Waals surface area contributed by atoms with Crippen LogP contribution in [0.1, 0.15) is 22.3 Å². The van der Waals surface area contributed by atoms with Gasteiger partial charge in [-0.05, 0) is 60.9 Å². The van der Waals surface area contributed by atoms with E-state index in [1.54, 1.807) is 6.07 Å². The summed E-state index contributed by atoms with van der Waals surface area (Å²) in [6, 6.07) is 15.6. The standard InChI is InChI=1S/C23H24N2O3S/c1-15-7-12-21(16(2)13-15)25(29(3,27)28)14-22(26)24-20-11-10-18-9-8-17-5-4-6-19(20)23(17)18/h4-7,10-13H,8-9,14H2,1-3H3,(H,24,26). The number of aryl methyl sites for hydroxylation is 4. The fourth-order valence-corrected chi connectivity index (χ4v) is 5.06. The first-order chi connectivity index (χ1) is 13.7. The first-order valence-corrected chi connectivity index (χ1v) is 11.5. The molecule has 0 fully saturated rings. The van der Waals surface area contributed by atoms with E-state index in [1.165, 1.54) is 16.5 Å². The smallest absolute Gasteiger partial charge is 0.245 e. The summed E-state index contributed by atoms with van der Waals surface area (Å²) < 4.78 is 26.0. The predicted molar refractivity (Wildman–Crippen MR) is 118 cm³/mol. The fraction of sp³-hybridized carbons (Fsp3) is 0.261. The Morgan fingerprint density at radius 1 is 1.03 bits per heavy atom. The summed E-state index contributed by atoms with van der Waals surface area (Å²) in [4.78, 5) is 12.8. The minimum absolute atomic E-state index is 0.272. The lowest BCUT2D eigenvalue weighted by Crippen LogP contribution is -2.37. The van der Waals surface area contributed by atoms with E-state index >= 15 is 0 Å². The van der Waals surface area contributed by atoms with E-state index in [0.29, 0.717) is 11.4 Å². The summed E-state index contributed by atoms with van der Waals surface area (Å²) in [6.07, 6.45) is 3.15. The molecule has 150 valence electrons. The van der Waals surface area contributed by atoms with E-state index in [1.807, 2.05) is 50.2 Å². The van der Waals surface area contributed by atoms with Gasteiger partial charge in [0.1, 0.15) is 6.54 Å². The monoisotopic (exact) mass is 408 g/mol. The molecule has 3 aromatic rings. The zero-order valence-electron chi connectivity index (χ0n) is 16.8. The normalized spacial score (nSPS) is 12.9. The van der Waals surface area contributed by atoms with Crippen LogP contribution in [0, 0.1) is 13.8 Å². The Morgan fingerprint density at radius 3 is 2.45 bits per heavy atom. The number of anilines is 2. The van der Waals surface area contributed by atoms with Gasteiger partial charge in [0.05, 0.1) is 11.9 Å². The zero-order valence-corrected chi connectivity index (χ0v) is 17.6. The van der Waals surface area contributed by atoms with E-state index in [2.05, 4.69) is 11.4 Å². The molecule has 0 atom stereocenters. The molecule has 1 N–H and O–H groups in total. The minimum Gasteiger partial charge on any atom is -0.324 e. The molecular formula is C23H24N2O3S. The maximum Gasteiger partial charge on any atom is 0.245 e. The van der Waals surface area contributed by atoms with Crippen molar-refractivity contribution in [3.8, 4) is 0 Å². The van der Waals surface area contributed by atoms with Gasteiger partial charge in [-0.25, -0.2) is 8.42 Å². The maximum absolute atomic E-state index is 12.8. The van der Waals surface area contributed by atoms with Gasteiger partial charge in [0.15, 0.2) is 0 Å². The highest BCUT2D eigenvalue weighted by Crippen LogP contribution is 2.35. The van der Waals surface area contributed by atoms with Gasteiger partial charge >= 0.3 is 0 Å². The third-order valence-electron chi connectivity index (χ3n) is 5.46. The number of sulfonamides is 1. The van der Waals surface area contributed by atoms with E-state index < -0.39 is 10.0 Å². The van der Waals surface area contributed by atoms with Crippen LogP contribution >= 0.6 is 0 Å². The van der Waals surface area contributed by atoms with Crippen LogP contribution in [-0.2, 0) is 27.7 Å². The van der Waals surface area contributed by atoms with E-state index in [4.69, 9.17) is 0 Å². The van der Waals surface area contributed by atoms with E-state index in [-0.39, 0.29) is 12.5 Å². The van der Waals surface area contributed by atoms with Crippen LogP contribution in [0.15, 0.2) is 48.5 Å². The van der Waals surface area contributed by atoms with E-state index in [0.717, 1.165) is 39.9 Å². The molecule has 6 heteroatoms. The van der Waals surface area contributed by atoms with Gasteiger partial charge in [-0.3, -0.25) is 9.10 Å². The molecule has 0 saturated carbocycles. The molecule has 0 aliphatic heterocycles. The van der Waals surface area contributed by atoms with Gasteiger partial charge in [0.2, 0.25) is 15.9 Å². The van der Waals surface area contributed by atoms with Gasteiger partial charge in [-0.15, -0.1) is 0 Å². The lowest BCUT2D eigenvalue weighted by atomic mass is 10.0. The zero-order chi connectivity index (χ0) is 20.8. The third-order valence-corrected chi connectivity index (χ3v) is 6.59. The van der Waals surface area contributed by atoms with Gasteiger partial charge in [0, 0.05) is 11.1 Å². The number of carbonyl (C=O) groups is 1. The van der Waals surface area contributed by atoms with Crippen LogP contribution in [-0.4, -0.2) is 27.1 Å². The lowest BCUT2D eigenvalue weighted by Gasteiger charge is -2.24. The second-order valence-electron chi connectivity index (χ2n) is 7.72. The number of amides is 1. The van der Waals surface area contributed by atoms with Gasteiger partial charge in [-0.2, -0.15) is 0 Å². The Kier molecular flexibility index (Phi) is 4.82. The molecule has 3 aromatic carbocycles. The average molecular weight is 409 g/mol. The first kappa shape index (κ1) is 19.5. The number of rotatable bonds is 5. The van der Waals surface area contributed by atoms with Crippen molar-refractivity contribution in [1.82, 2.24) is 0 Å². The van der Waals surface area contributed by atoms with Crippen molar-refractivity contribution in [3.05, 3.63) is 70.8 Å². The minimum atomic E-state index is -3.61. The molecular weight excluding hydrogens is 384 g/mol. The molecule has 0 bridgehead atoms. The Bertz CT molecular complexity index is 1220. The van der Waals surface area contributed by atoms with Crippen LogP contribution in [0.25, 0.3) is 10.8 Å². The Balaban J connectivity index is 1.64. The molecule has 0 heterocycles. The lowest BCUT2D eigenvalue weighted by molar-refractivity contribution is -0.114. The molecule has 1 aliphatic carbocycles. The van der Waals surface area contributed by atoms with Crippen LogP contribution in [0.5, 0.6) is 0 Å². The Morgan fingerprint density at radius 2 is 1.76 bits per heavy atom. The maximum atomic E-state index is 12.8. The molecule has 0 aromatic heterocycles. The second kappa shape index (κ2) is 7.19. The summed E-state index contributed by atoms with van der Waals surface area (Å²) in [5.41, 5.74) is 5.68. The second-order valence-corrected chi connectivity index (χ2v) is 9.63. The largest absolute Gasteiger partial charge is 0.324 e. The molecule has 0 spiro atoms. The van der Waals surface area contributed by atoms with Crippen molar-refractivity contribution in [1.29, 1.82) is 0 Å². The summed E-state index contributed by atoms with van der Waals surface area (Å²) in [7, 11) is -3.61. The molecule has 0 saturated heterocycles. The van der Waals surface area contributed by atoms with Crippen molar-refractivity contribution < 1.29 is 13.2 Å². The molecule has 0 radical (unpaired) electrons. The third kappa shape index (κ3) is 3.72. The predicted octanol–water partition coefficient (Wildman–Crippen LogP) is 3.96. The number of hydrogen-bond acceptors (Lipinski definition) is 3. The fourth-order valence-electron chi connectivity index (χ4n) is 4.14. The van der Waals surface area contributed by atoms with Crippen molar-refractivity contribution in [2.45, 2.75) is 26.7 Å². The molecule has 1 aliphatic rings. The summed E-state index contributed by atoms with van der Waals surface area (Å²) >= 11 is 0. The summed E-state index contributed by atoms with van der Waals surface area (Å²) in [5, 5.41) is 5.14. The highest BCUT2D eigenvalue weighted by molar-refractivity contribution is 7.92. The van der Waals surface area contributed by atoms with Gasteiger partial charge in [0.25, 0.3) is 0 Å². The molecule has 5 nitrogen and oxygen atoms in total. The van der Waals surface area contributed by atoms with Crippen molar-refractivity contribution in [3.63, 3.8) is 0 Å². The van der Waals surface area contributed by atoms with Gasteiger partial charge in [-0.1, -0.05) is 42.0 Å². The summed E-state index contributed by atoms with van der Waals surface area (Å²) in [5.74, 6) is -0.367. The first-order valence-electron chi connectivity index (χ1n) is 9.62. The van der Waals surface area contributed by atoms with Crippen molar-refractivity contribution in [2.24, 2.45) is 0 Å². The molecule has 29 heavy (non-hydrogen) atoms.